The van der Waals surface area contributed by atoms with Crippen LogP contribution in [-0.2, 0) is 6.54 Å². The molecule has 1 heterocycles. The molecule has 0 saturated carbocycles. The van der Waals surface area contributed by atoms with E-state index in [1.165, 1.54) is 11.1 Å². The molecule has 0 spiro atoms. The van der Waals surface area contributed by atoms with E-state index in [0.29, 0.717) is 10.0 Å². The summed E-state index contributed by atoms with van der Waals surface area (Å²) in [6.45, 7) is 6.84. The first-order chi connectivity index (χ1) is 12.0. The van der Waals surface area contributed by atoms with E-state index >= 15 is 0 Å². The van der Waals surface area contributed by atoms with Crippen LogP contribution in [0.5, 0.6) is 5.75 Å². The molecule has 1 aliphatic rings. The zero-order chi connectivity index (χ0) is 17.8. The fourth-order valence-electron chi connectivity index (χ4n) is 2.79. The number of hydrogen-bond acceptors (Lipinski definition) is 4. The van der Waals surface area contributed by atoms with Gasteiger partial charge in [0, 0.05) is 42.8 Å². The summed E-state index contributed by atoms with van der Waals surface area (Å²) in [4.78, 5) is 2.45. The molecular weight excluding hydrogens is 446 g/mol. The number of rotatable bonds is 4. The summed E-state index contributed by atoms with van der Waals surface area (Å²) < 4.78 is 1.56. The molecule has 1 saturated heterocycles. The third-order valence-corrected chi connectivity index (χ3v) is 5.36. The minimum Gasteiger partial charge on any atom is -0.506 e. The van der Waals surface area contributed by atoms with Crippen molar-refractivity contribution in [2.45, 2.75) is 13.5 Å². The Hall–Kier alpha value is -1.37. The Bertz CT molecular complexity index is 754. The van der Waals surface area contributed by atoms with Crippen LogP contribution < -0.4 is 0 Å². The number of benzene rings is 2. The van der Waals surface area contributed by atoms with Gasteiger partial charge in [-0.15, -0.1) is 0 Å². The predicted molar refractivity (Wildman–Crippen MR) is 109 cm³/mol. The Balaban J connectivity index is 1.55. The molecule has 0 atom stereocenters. The van der Waals surface area contributed by atoms with E-state index in [9.17, 15) is 5.11 Å². The molecule has 0 aliphatic carbocycles. The van der Waals surface area contributed by atoms with Gasteiger partial charge in [0.05, 0.1) is 10.7 Å². The van der Waals surface area contributed by atoms with Crippen LogP contribution in [0.25, 0.3) is 0 Å². The summed E-state index contributed by atoms with van der Waals surface area (Å²) in [6, 6.07) is 12.4. The fraction of sp³-hybridized carbons (Fsp3) is 0.316. The van der Waals surface area contributed by atoms with Gasteiger partial charge in [0.25, 0.3) is 0 Å². The molecule has 0 aromatic heterocycles. The predicted octanol–water partition coefficient (Wildman–Crippen LogP) is 4.38. The highest BCUT2D eigenvalue weighted by molar-refractivity contribution is 9.11. The number of aromatic hydroxyl groups is 1. The van der Waals surface area contributed by atoms with Crippen LogP contribution in [0.15, 0.2) is 50.4 Å². The second-order valence-corrected chi connectivity index (χ2v) is 8.06. The second kappa shape index (κ2) is 8.34. The molecule has 0 radical (unpaired) electrons. The molecule has 0 bridgehead atoms. The highest BCUT2D eigenvalue weighted by atomic mass is 79.9. The number of hydrazone groups is 1. The monoisotopic (exact) mass is 465 g/mol. The first-order valence-corrected chi connectivity index (χ1v) is 9.85. The summed E-state index contributed by atoms with van der Waals surface area (Å²) in [5.41, 5.74) is 3.35. The molecular formula is C19H21Br2N3O. The van der Waals surface area contributed by atoms with Crippen LogP contribution in [0.3, 0.4) is 0 Å². The molecule has 0 amide bonds. The number of phenols is 1. The van der Waals surface area contributed by atoms with E-state index in [-0.39, 0.29) is 5.75 Å². The summed E-state index contributed by atoms with van der Waals surface area (Å²) in [7, 11) is 0. The van der Waals surface area contributed by atoms with E-state index in [4.69, 9.17) is 0 Å². The quantitative estimate of drug-likeness (QED) is 0.679. The van der Waals surface area contributed by atoms with Crippen LogP contribution in [0, 0.1) is 6.92 Å². The van der Waals surface area contributed by atoms with E-state index in [0.717, 1.165) is 37.2 Å². The Labute approximate surface area is 165 Å². The van der Waals surface area contributed by atoms with Crippen molar-refractivity contribution in [1.82, 2.24) is 9.91 Å². The molecule has 1 fully saturated rings. The van der Waals surface area contributed by atoms with Gasteiger partial charge in [0.2, 0.25) is 0 Å². The topological polar surface area (TPSA) is 39.1 Å². The third kappa shape index (κ3) is 5.06. The average molecular weight is 467 g/mol. The summed E-state index contributed by atoms with van der Waals surface area (Å²) in [5.74, 6) is 0.213. The average Bonchev–Trinajstić information content (AvgIpc) is 2.60. The van der Waals surface area contributed by atoms with E-state index in [1.807, 2.05) is 12.1 Å². The molecule has 0 unspecified atom stereocenters. The van der Waals surface area contributed by atoms with Gasteiger partial charge >= 0.3 is 0 Å². The Morgan fingerprint density at radius 3 is 2.44 bits per heavy atom. The number of halogens is 2. The number of aryl methyl sites for hydroxylation is 1. The van der Waals surface area contributed by atoms with Crippen molar-refractivity contribution in [2.75, 3.05) is 26.2 Å². The van der Waals surface area contributed by atoms with Gasteiger partial charge in [-0.05, 0) is 40.5 Å². The lowest BCUT2D eigenvalue weighted by molar-refractivity contribution is 0.131. The van der Waals surface area contributed by atoms with Crippen molar-refractivity contribution in [3.05, 3.63) is 62.0 Å². The maximum absolute atomic E-state index is 10.1. The molecule has 3 rings (SSSR count). The van der Waals surface area contributed by atoms with Gasteiger partial charge in [0.15, 0.2) is 0 Å². The first-order valence-electron chi connectivity index (χ1n) is 8.26. The highest BCUT2D eigenvalue weighted by Gasteiger charge is 2.15. The van der Waals surface area contributed by atoms with E-state index < -0.39 is 0 Å². The molecule has 25 heavy (non-hydrogen) atoms. The van der Waals surface area contributed by atoms with Crippen LogP contribution in [-0.4, -0.2) is 47.4 Å². The van der Waals surface area contributed by atoms with Crippen molar-refractivity contribution in [3.63, 3.8) is 0 Å². The SMILES string of the molecule is Cc1ccc(CN2CCN(/N=C\c3cc(Br)cc(Br)c3O)CC2)cc1. The van der Waals surface area contributed by atoms with Gasteiger partial charge in [-0.1, -0.05) is 45.8 Å². The van der Waals surface area contributed by atoms with Gasteiger partial charge in [-0.2, -0.15) is 5.10 Å². The number of hydrogen-bond donors (Lipinski definition) is 1. The van der Waals surface area contributed by atoms with Gasteiger partial charge in [-0.3, -0.25) is 9.91 Å². The van der Waals surface area contributed by atoms with Crippen LogP contribution in [0.1, 0.15) is 16.7 Å². The zero-order valence-electron chi connectivity index (χ0n) is 14.1. The van der Waals surface area contributed by atoms with Crippen molar-refractivity contribution < 1.29 is 5.11 Å². The van der Waals surface area contributed by atoms with Crippen molar-refractivity contribution in [1.29, 1.82) is 0 Å². The fourth-order valence-corrected chi connectivity index (χ4v) is 4.05. The molecule has 132 valence electrons. The van der Waals surface area contributed by atoms with Gasteiger partial charge in [-0.25, -0.2) is 0 Å². The van der Waals surface area contributed by atoms with Crippen molar-refractivity contribution in [3.8, 4) is 5.75 Å². The van der Waals surface area contributed by atoms with Crippen LogP contribution >= 0.6 is 31.9 Å². The molecule has 2 aromatic rings. The van der Waals surface area contributed by atoms with Gasteiger partial charge < -0.3 is 5.11 Å². The molecule has 1 aliphatic heterocycles. The normalized spacial score (nSPS) is 15.9. The standard InChI is InChI=1S/C19H21Br2N3O/c1-14-2-4-15(5-3-14)13-23-6-8-24(9-7-23)22-12-16-10-17(20)11-18(21)19(16)25/h2-5,10-12,25H,6-9,13H2,1H3/b22-12-. The lowest BCUT2D eigenvalue weighted by Crippen LogP contribution is -2.43. The lowest BCUT2D eigenvalue weighted by Gasteiger charge is -2.33. The van der Waals surface area contributed by atoms with Crippen LogP contribution in [0.2, 0.25) is 0 Å². The Morgan fingerprint density at radius 1 is 1.08 bits per heavy atom. The minimum absolute atomic E-state index is 0.213. The first kappa shape index (κ1) is 18.4. The molecule has 1 N–H and O–H groups in total. The maximum Gasteiger partial charge on any atom is 0.138 e. The molecule has 4 nitrogen and oxygen atoms in total. The Morgan fingerprint density at radius 2 is 1.76 bits per heavy atom. The number of nitrogens with zero attached hydrogens (tertiary/aromatic N) is 3. The van der Waals surface area contributed by atoms with Crippen molar-refractivity contribution in [2.24, 2.45) is 5.10 Å². The summed E-state index contributed by atoms with van der Waals surface area (Å²) in [6.07, 6.45) is 1.72. The lowest BCUT2D eigenvalue weighted by atomic mass is 10.1. The van der Waals surface area contributed by atoms with Crippen molar-refractivity contribution >= 4 is 38.1 Å². The summed E-state index contributed by atoms with van der Waals surface area (Å²) >= 11 is 6.78. The third-order valence-electron chi connectivity index (χ3n) is 4.29. The minimum atomic E-state index is 0.213. The largest absolute Gasteiger partial charge is 0.506 e. The molecule has 2 aromatic carbocycles. The molecule has 6 heteroatoms. The van der Waals surface area contributed by atoms with Gasteiger partial charge in [0.1, 0.15) is 5.75 Å². The highest BCUT2D eigenvalue weighted by Crippen LogP contribution is 2.30. The number of piperazine rings is 1. The second-order valence-electron chi connectivity index (χ2n) is 6.29. The van der Waals surface area contributed by atoms with E-state index in [2.05, 4.69) is 78.1 Å². The van der Waals surface area contributed by atoms with Crippen LogP contribution in [0.4, 0.5) is 0 Å². The summed E-state index contributed by atoms with van der Waals surface area (Å²) in [5, 5.41) is 16.7. The maximum atomic E-state index is 10.1. The van der Waals surface area contributed by atoms with E-state index in [1.54, 1.807) is 6.21 Å². The number of phenolic OH excluding ortho intramolecular Hbond substituents is 1. The smallest absolute Gasteiger partial charge is 0.138 e. The zero-order valence-corrected chi connectivity index (χ0v) is 17.3. The Kier molecular flexibility index (Phi) is 6.15.